The highest BCUT2D eigenvalue weighted by Crippen LogP contribution is 2.24. The van der Waals surface area contributed by atoms with Crippen LogP contribution in [-0.2, 0) is 4.74 Å². The first-order valence-corrected chi connectivity index (χ1v) is 13.9. The summed E-state index contributed by atoms with van der Waals surface area (Å²) in [5, 5.41) is 9.95. The number of carbonyl (C=O) groups is 2. The lowest BCUT2D eigenvalue weighted by molar-refractivity contribution is 0.0240. The minimum Gasteiger partial charge on any atom is -0.444 e. The lowest BCUT2D eigenvalue weighted by Gasteiger charge is -2.36. The number of carbonyl (C=O) groups excluding carboxylic acids is 2. The molecule has 11 nitrogen and oxygen atoms in total. The van der Waals surface area contributed by atoms with Crippen molar-refractivity contribution in [2.75, 3.05) is 41.7 Å². The molecule has 0 radical (unpaired) electrons. The fourth-order valence-corrected chi connectivity index (χ4v) is 5.06. The predicted octanol–water partition coefficient (Wildman–Crippen LogP) is 5.20. The van der Waals surface area contributed by atoms with Crippen LogP contribution in [0.3, 0.4) is 0 Å². The number of hydrogen-bond acceptors (Lipinski definition) is 8. The Balaban J connectivity index is 1.20. The Morgan fingerprint density at radius 1 is 1.00 bits per heavy atom. The maximum atomic E-state index is 12.4. The summed E-state index contributed by atoms with van der Waals surface area (Å²) in [6, 6.07) is 9.86. The third kappa shape index (κ3) is 6.88. The third-order valence-electron chi connectivity index (χ3n) is 7.13. The molecule has 0 atom stereocenters. The molecule has 5 rings (SSSR count). The summed E-state index contributed by atoms with van der Waals surface area (Å²) in [6.45, 7) is 10.3. The van der Waals surface area contributed by atoms with Gasteiger partial charge >= 0.3 is 12.1 Å². The quantitative estimate of drug-likeness (QED) is 0.399. The Morgan fingerprint density at radius 3 is 2.38 bits per heavy atom. The van der Waals surface area contributed by atoms with Gasteiger partial charge in [0.2, 0.25) is 5.95 Å². The average molecular weight is 547 g/mol. The van der Waals surface area contributed by atoms with Crippen molar-refractivity contribution >= 4 is 46.3 Å². The number of aryl methyl sites for hydroxylation is 1. The number of amides is 3. The standard InChI is InChI=1S/C29H38N8O3/c1-19-17-24(34-27(38)32-20-7-5-6-8-20)33-25-23(19)18-30-26(35-25)31-21-9-11-22(12-10-21)36-13-15-37(16-14-36)28(39)40-29(2,3)4/h9-12,17-18,20H,5-8,13-16H2,1-4H3,(H3,30,31,32,33,34,35,38). The lowest BCUT2D eigenvalue weighted by atomic mass is 10.2. The maximum absolute atomic E-state index is 12.4. The number of hydrogen-bond donors (Lipinski definition) is 3. The van der Waals surface area contributed by atoms with Gasteiger partial charge in [-0.1, -0.05) is 12.8 Å². The number of rotatable bonds is 5. The molecule has 0 bridgehead atoms. The number of anilines is 4. The van der Waals surface area contributed by atoms with Crippen LogP contribution in [-0.4, -0.2) is 69.8 Å². The van der Waals surface area contributed by atoms with E-state index in [0.717, 1.165) is 61.1 Å². The molecule has 0 spiro atoms. The molecule has 3 aromatic rings. The molecule has 3 amide bonds. The van der Waals surface area contributed by atoms with E-state index in [2.05, 4.69) is 35.8 Å². The fraction of sp³-hybridized carbons (Fsp3) is 0.483. The second kappa shape index (κ2) is 11.5. The molecule has 40 heavy (non-hydrogen) atoms. The summed E-state index contributed by atoms with van der Waals surface area (Å²) >= 11 is 0. The number of ether oxygens (including phenoxy) is 1. The van der Waals surface area contributed by atoms with Crippen molar-refractivity contribution in [3.8, 4) is 0 Å². The molecule has 11 heteroatoms. The second-order valence-electron chi connectivity index (χ2n) is 11.5. The molecule has 2 aliphatic rings. The Hall–Kier alpha value is -4.15. The van der Waals surface area contributed by atoms with E-state index < -0.39 is 5.60 Å². The first kappa shape index (κ1) is 27.4. The van der Waals surface area contributed by atoms with Gasteiger partial charge in [-0.05, 0) is 76.4 Å². The number of aromatic nitrogens is 3. The molecule has 1 saturated carbocycles. The average Bonchev–Trinajstić information content (AvgIpc) is 3.41. The summed E-state index contributed by atoms with van der Waals surface area (Å²) < 4.78 is 5.49. The van der Waals surface area contributed by atoms with Gasteiger partial charge in [-0.3, -0.25) is 5.32 Å². The van der Waals surface area contributed by atoms with E-state index in [-0.39, 0.29) is 18.2 Å². The van der Waals surface area contributed by atoms with Crippen LogP contribution < -0.4 is 20.9 Å². The highest BCUT2D eigenvalue weighted by Gasteiger charge is 2.26. The molecular formula is C29H38N8O3. The van der Waals surface area contributed by atoms with Crippen LogP contribution in [0.15, 0.2) is 36.5 Å². The van der Waals surface area contributed by atoms with Crippen LogP contribution in [0.25, 0.3) is 11.0 Å². The third-order valence-corrected chi connectivity index (χ3v) is 7.13. The zero-order chi connectivity index (χ0) is 28.3. The van der Waals surface area contributed by atoms with E-state index in [1.807, 2.05) is 58.0 Å². The molecule has 1 aliphatic heterocycles. The summed E-state index contributed by atoms with van der Waals surface area (Å²) in [5.74, 6) is 0.881. The molecule has 1 saturated heterocycles. The molecular weight excluding hydrogens is 508 g/mol. The molecule has 1 aliphatic carbocycles. The van der Waals surface area contributed by atoms with E-state index in [0.29, 0.717) is 30.5 Å². The molecule has 2 fully saturated rings. The molecule has 0 unspecified atom stereocenters. The second-order valence-corrected chi connectivity index (χ2v) is 11.5. The summed E-state index contributed by atoms with van der Waals surface area (Å²) in [5.41, 5.74) is 2.87. The largest absolute Gasteiger partial charge is 0.444 e. The van der Waals surface area contributed by atoms with Gasteiger partial charge in [0.05, 0.1) is 0 Å². The van der Waals surface area contributed by atoms with Crippen molar-refractivity contribution in [3.05, 3.63) is 42.1 Å². The van der Waals surface area contributed by atoms with Crippen LogP contribution in [0.5, 0.6) is 0 Å². The van der Waals surface area contributed by atoms with Gasteiger partial charge in [0, 0.05) is 55.2 Å². The van der Waals surface area contributed by atoms with Gasteiger partial charge in [0.25, 0.3) is 0 Å². The topological polar surface area (TPSA) is 125 Å². The number of pyridine rings is 1. The molecule has 3 N–H and O–H groups in total. The number of fused-ring (bicyclic) bond motifs is 1. The predicted molar refractivity (Wildman–Crippen MR) is 156 cm³/mol. The highest BCUT2D eigenvalue weighted by molar-refractivity contribution is 5.90. The number of nitrogens with zero attached hydrogens (tertiary/aromatic N) is 5. The van der Waals surface area contributed by atoms with Crippen molar-refractivity contribution in [2.45, 2.75) is 65.0 Å². The first-order chi connectivity index (χ1) is 19.1. The van der Waals surface area contributed by atoms with Crippen LogP contribution in [0.2, 0.25) is 0 Å². The van der Waals surface area contributed by atoms with Gasteiger partial charge < -0.3 is 25.2 Å². The van der Waals surface area contributed by atoms with Crippen LogP contribution in [0.4, 0.5) is 32.7 Å². The van der Waals surface area contributed by atoms with Crippen molar-refractivity contribution in [2.24, 2.45) is 0 Å². The molecule has 212 valence electrons. The molecule has 2 aromatic heterocycles. The van der Waals surface area contributed by atoms with Crippen LogP contribution >= 0.6 is 0 Å². The highest BCUT2D eigenvalue weighted by atomic mass is 16.6. The van der Waals surface area contributed by atoms with E-state index in [9.17, 15) is 9.59 Å². The van der Waals surface area contributed by atoms with E-state index >= 15 is 0 Å². The molecule has 3 heterocycles. The normalized spacial score (nSPS) is 16.2. The Bertz CT molecular complexity index is 1360. The molecule has 1 aromatic carbocycles. The minimum absolute atomic E-state index is 0.230. The summed E-state index contributed by atoms with van der Waals surface area (Å²) in [7, 11) is 0. The van der Waals surface area contributed by atoms with Crippen LogP contribution in [0, 0.1) is 6.92 Å². The Labute approximate surface area is 234 Å². The van der Waals surface area contributed by atoms with E-state index in [4.69, 9.17) is 4.74 Å². The van der Waals surface area contributed by atoms with E-state index in [1.54, 1.807) is 11.1 Å². The number of nitrogens with one attached hydrogen (secondary N) is 3. The van der Waals surface area contributed by atoms with Gasteiger partial charge in [-0.15, -0.1) is 0 Å². The van der Waals surface area contributed by atoms with Crippen molar-refractivity contribution in [1.29, 1.82) is 0 Å². The van der Waals surface area contributed by atoms with Crippen molar-refractivity contribution in [3.63, 3.8) is 0 Å². The zero-order valence-corrected chi connectivity index (χ0v) is 23.7. The zero-order valence-electron chi connectivity index (χ0n) is 23.7. The Morgan fingerprint density at radius 2 is 1.70 bits per heavy atom. The van der Waals surface area contributed by atoms with Gasteiger partial charge in [-0.25, -0.2) is 19.6 Å². The first-order valence-electron chi connectivity index (χ1n) is 13.9. The smallest absolute Gasteiger partial charge is 0.410 e. The Kier molecular flexibility index (Phi) is 7.90. The summed E-state index contributed by atoms with van der Waals surface area (Å²) in [4.78, 5) is 42.4. The van der Waals surface area contributed by atoms with Crippen molar-refractivity contribution < 1.29 is 14.3 Å². The van der Waals surface area contributed by atoms with Crippen molar-refractivity contribution in [1.82, 2.24) is 25.2 Å². The number of urea groups is 1. The maximum Gasteiger partial charge on any atom is 0.410 e. The van der Waals surface area contributed by atoms with Gasteiger partial charge in [-0.2, -0.15) is 4.98 Å². The SMILES string of the molecule is Cc1cc(NC(=O)NC2CCCC2)nc2nc(Nc3ccc(N4CCN(C(=O)OC(C)(C)C)CC4)cc3)ncc12. The van der Waals surface area contributed by atoms with Gasteiger partial charge in [0.15, 0.2) is 5.65 Å². The summed E-state index contributed by atoms with van der Waals surface area (Å²) in [6.07, 6.45) is 5.83. The number of benzene rings is 1. The van der Waals surface area contributed by atoms with Crippen LogP contribution in [0.1, 0.15) is 52.0 Å². The lowest BCUT2D eigenvalue weighted by Crippen LogP contribution is -2.50. The van der Waals surface area contributed by atoms with Gasteiger partial charge in [0.1, 0.15) is 11.4 Å². The van der Waals surface area contributed by atoms with E-state index in [1.165, 1.54) is 0 Å². The monoisotopic (exact) mass is 546 g/mol. The number of piperazine rings is 1. The fourth-order valence-electron chi connectivity index (χ4n) is 5.06. The minimum atomic E-state index is -0.495.